The number of hydrogen-bond acceptors (Lipinski definition) is 5. The van der Waals surface area contributed by atoms with E-state index in [4.69, 9.17) is 4.98 Å². The number of urea groups is 1. The zero-order chi connectivity index (χ0) is 20.5. The van der Waals surface area contributed by atoms with Crippen LogP contribution < -0.4 is 10.9 Å². The zero-order valence-electron chi connectivity index (χ0n) is 17.0. The van der Waals surface area contributed by atoms with Crippen LogP contribution in [0.3, 0.4) is 0 Å². The van der Waals surface area contributed by atoms with Crippen molar-refractivity contribution in [3.05, 3.63) is 26.6 Å². The Morgan fingerprint density at radius 3 is 2.52 bits per heavy atom. The van der Waals surface area contributed by atoms with Gasteiger partial charge in [0.15, 0.2) is 0 Å². The van der Waals surface area contributed by atoms with E-state index in [-0.39, 0.29) is 17.5 Å². The van der Waals surface area contributed by atoms with Gasteiger partial charge < -0.3 is 15.1 Å². The van der Waals surface area contributed by atoms with Crippen molar-refractivity contribution in [3.8, 4) is 0 Å². The summed E-state index contributed by atoms with van der Waals surface area (Å²) in [5.41, 5.74) is 0.721. The third kappa shape index (κ3) is 3.63. The van der Waals surface area contributed by atoms with Gasteiger partial charge in [-0.15, -0.1) is 11.3 Å². The smallest absolute Gasteiger partial charge is 0.317 e. The molecule has 0 spiro atoms. The van der Waals surface area contributed by atoms with Crippen LogP contribution in [0.25, 0.3) is 10.2 Å². The van der Waals surface area contributed by atoms with Crippen LogP contribution in [-0.2, 0) is 13.0 Å². The zero-order valence-corrected chi connectivity index (χ0v) is 17.8. The Kier molecular flexibility index (Phi) is 5.58. The molecule has 0 saturated carbocycles. The summed E-state index contributed by atoms with van der Waals surface area (Å²) in [4.78, 5) is 47.7. The van der Waals surface area contributed by atoms with Crippen LogP contribution in [0.15, 0.2) is 4.79 Å². The number of aromatic nitrogens is 2. The molecule has 4 heterocycles. The van der Waals surface area contributed by atoms with E-state index in [1.54, 1.807) is 14.4 Å². The standard InChI is InChI=1S/C20H27N5O3S/c1-3-21-20(28)24-11-9-23(10-12-24)19(27)16-13(2)15-17(29-16)22-14-7-5-4-6-8-25(14)18(15)26/h3-12H2,1-2H3,(H,21,28). The minimum absolute atomic E-state index is 0.0132. The number of nitrogens with zero attached hydrogens (tertiary/aromatic N) is 4. The second-order valence-corrected chi connectivity index (χ2v) is 8.65. The maximum Gasteiger partial charge on any atom is 0.317 e. The summed E-state index contributed by atoms with van der Waals surface area (Å²) >= 11 is 1.33. The molecule has 2 aromatic rings. The van der Waals surface area contributed by atoms with Crippen molar-refractivity contribution in [2.24, 2.45) is 0 Å². The van der Waals surface area contributed by atoms with Gasteiger partial charge in [0.05, 0.1) is 10.3 Å². The molecule has 1 fully saturated rings. The minimum atomic E-state index is -0.0867. The molecular formula is C20H27N5O3S. The van der Waals surface area contributed by atoms with Crippen LogP contribution in [0.2, 0.25) is 0 Å². The summed E-state index contributed by atoms with van der Waals surface area (Å²) < 4.78 is 1.80. The number of fused-ring (bicyclic) bond motifs is 2. The monoisotopic (exact) mass is 417 g/mol. The van der Waals surface area contributed by atoms with Crippen molar-refractivity contribution in [2.45, 2.75) is 46.1 Å². The first-order valence-corrected chi connectivity index (χ1v) is 11.2. The summed E-state index contributed by atoms with van der Waals surface area (Å²) in [6, 6.07) is -0.0867. The first-order valence-electron chi connectivity index (χ1n) is 10.4. The van der Waals surface area contributed by atoms with Gasteiger partial charge in [0.2, 0.25) is 0 Å². The molecule has 156 valence electrons. The second kappa shape index (κ2) is 8.14. The Morgan fingerprint density at radius 2 is 1.79 bits per heavy atom. The molecule has 8 nitrogen and oxygen atoms in total. The van der Waals surface area contributed by atoms with Crippen molar-refractivity contribution < 1.29 is 9.59 Å². The molecule has 9 heteroatoms. The van der Waals surface area contributed by atoms with Crippen molar-refractivity contribution in [3.63, 3.8) is 0 Å². The number of piperazine rings is 1. The van der Waals surface area contributed by atoms with Crippen LogP contribution in [0.1, 0.15) is 47.2 Å². The van der Waals surface area contributed by atoms with Crippen LogP contribution in [0.5, 0.6) is 0 Å². The van der Waals surface area contributed by atoms with Crippen molar-refractivity contribution >= 4 is 33.5 Å². The highest BCUT2D eigenvalue weighted by atomic mass is 32.1. The third-order valence-electron chi connectivity index (χ3n) is 5.79. The number of aryl methyl sites for hydroxylation is 2. The quantitative estimate of drug-likeness (QED) is 0.809. The lowest BCUT2D eigenvalue weighted by Gasteiger charge is -2.34. The molecule has 4 rings (SSSR count). The third-order valence-corrected chi connectivity index (χ3v) is 6.96. The normalized spacial score (nSPS) is 17.2. The Balaban J connectivity index is 1.59. The highest BCUT2D eigenvalue weighted by molar-refractivity contribution is 7.20. The van der Waals surface area contributed by atoms with E-state index in [1.165, 1.54) is 11.3 Å². The summed E-state index contributed by atoms with van der Waals surface area (Å²) in [7, 11) is 0. The van der Waals surface area contributed by atoms with Gasteiger partial charge in [-0.25, -0.2) is 9.78 Å². The Bertz CT molecular complexity index is 1000. The van der Waals surface area contributed by atoms with Gasteiger partial charge in [-0.3, -0.25) is 14.2 Å². The largest absolute Gasteiger partial charge is 0.338 e. The number of nitrogens with one attached hydrogen (secondary N) is 1. The lowest BCUT2D eigenvalue weighted by Crippen LogP contribution is -2.53. The van der Waals surface area contributed by atoms with Gasteiger partial charge >= 0.3 is 6.03 Å². The first kappa shape index (κ1) is 19.9. The average molecular weight is 418 g/mol. The van der Waals surface area contributed by atoms with E-state index in [0.29, 0.717) is 54.4 Å². The first-order chi connectivity index (χ1) is 14.0. The lowest BCUT2D eigenvalue weighted by atomic mass is 10.2. The van der Waals surface area contributed by atoms with Gasteiger partial charge in [-0.1, -0.05) is 6.42 Å². The van der Waals surface area contributed by atoms with Gasteiger partial charge in [-0.05, 0) is 32.3 Å². The maximum atomic E-state index is 13.2. The van der Waals surface area contributed by atoms with E-state index in [0.717, 1.165) is 37.1 Å². The summed E-state index contributed by atoms with van der Waals surface area (Å²) in [6.07, 6.45) is 3.96. The molecule has 1 saturated heterocycles. The van der Waals surface area contributed by atoms with Crippen LogP contribution in [0.4, 0.5) is 4.79 Å². The van der Waals surface area contributed by atoms with Gasteiger partial charge in [0.25, 0.3) is 11.5 Å². The molecular weight excluding hydrogens is 390 g/mol. The van der Waals surface area contributed by atoms with Gasteiger partial charge in [-0.2, -0.15) is 0 Å². The number of amides is 3. The topological polar surface area (TPSA) is 87.5 Å². The number of carbonyl (C=O) groups is 2. The van der Waals surface area contributed by atoms with Gasteiger partial charge in [0, 0.05) is 45.7 Å². The molecule has 2 aromatic heterocycles. The molecule has 3 amide bonds. The summed E-state index contributed by atoms with van der Waals surface area (Å²) in [6.45, 7) is 7.04. The number of hydrogen-bond donors (Lipinski definition) is 1. The molecule has 2 aliphatic rings. The predicted molar refractivity (Wildman–Crippen MR) is 113 cm³/mol. The van der Waals surface area contributed by atoms with Crippen molar-refractivity contribution in [1.82, 2.24) is 24.7 Å². The summed E-state index contributed by atoms with van der Waals surface area (Å²) in [5, 5.41) is 3.38. The van der Waals surface area contributed by atoms with Crippen LogP contribution >= 0.6 is 11.3 Å². The van der Waals surface area contributed by atoms with E-state index in [2.05, 4.69) is 5.32 Å². The average Bonchev–Trinajstić information content (AvgIpc) is 2.89. The number of rotatable bonds is 2. The molecule has 0 aromatic carbocycles. The SMILES string of the molecule is CCNC(=O)N1CCN(C(=O)c2sc3nc4n(c(=O)c3c2C)CCCCC4)CC1. The fourth-order valence-electron chi connectivity index (χ4n) is 4.13. The molecule has 0 unspecified atom stereocenters. The van der Waals surface area contributed by atoms with E-state index < -0.39 is 0 Å². The van der Waals surface area contributed by atoms with Crippen LogP contribution in [-0.4, -0.2) is 64.0 Å². The molecule has 1 N–H and O–H groups in total. The second-order valence-electron chi connectivity index (χ2n) is 7.65. The fourth-order valence-corrected chi connectivity index (χ4v) is 5.29. The molecule has 0 aliphatic carbocycles. The lowest BCUT2D eigenvalue weighted by molar-refractivity contribution is 0.0669. The minimum Gasteiger partial charge on any atom is -0.338 e. The maximum absolute atomic E-state index is 13.2. The number of carbonyl (C=O) groups excluding carboxylic acids is 2. The summed E-state index contributed by atoms with van der Waals surface area (Å²) in [5.74, 6) is 0.774. The molecule has 0 bridgehead atoms. The Labute approximate surface area is 173 Å². The van der Waals surface area contributed by atoms with E-state index in [9.17, 15) is 14.4 Å². The van der Waals surface area contributed by atoms with Gasteiger partial charge in [0.1, 0.15) is 10.7 Å². The highest BCUT2D eigenvalue weighted by Crippen LogP contribution is 2.29. The van der Waals surface area contributed by atoms with E-state index in [1.807, 2.05) is 13.8 Å². The molecule has 0 atom stereocenters. The predicted octanol–water partition coefficient (Wildman–Crippen LogP) is 1.98. The highest BCUT2D eigenvalue weighted by Gasteiger charge is 2.28. The number of thiophene rings is 1. The Morgan fingerprint density at radius 1 is 1.07 bits per heavy atom. The molecule has 0 radical (unpaired) electrons. The van der Waals surface area contributed by atoms with Crippen molar-refractivity contribution in [2.75, 3.05) is 32.7 Å². The fraction of sp³-hybridized carbons (Fsp3) is 0.600. The van der Waals surface area contributed by atoms with Crippen LogP contribution in [0, 0.1) is 6.92 Å². The molecule has 29 heavy (non-hydrogen) atoms. The van der Waals surface area contributed by atoms with Crippen molar-refractivity contribution in [1.29, 1.82) is 0 Å². The van der Waals surface area contributed by atoms with E-state index >= 15 is 0 Å². The molecule has 2 aliphatic heterocycles. The Hall–Kier alpha value is -2.42.